The van der Waals surface area contributed by atoms with Gasteiger partial charge in [0, 0.05) is 11.2 Å². The fourth-order valence-electron chi connectivity index (χ4n) is 1.96. The molecule has 0 amide bonds. The molecule has 98 valence electrons. The van der Waals surface area contributed by atoms with Gasteiger partial charge in [0.1, 0.15) is 11.5 Å². The first-order valence-electron chi connectivity index (χ1n) is 6.10. The quantitative estimate of drug-likeness (QED) is 0.787. The van der Waals surface area contributed by atoms with Crippen LogP contribution in [-0.4, -0.2) is 11.5 Å². The monoisotopic (exact) mass is 276 g/mol. The molecule has 5 heteroatoms. The molecule has 1 N–H and O–H groups in total. The van der Waals surface area contributed by atoms with E-state index in [0.717, 1.165) is 33.0 Å². The molecular weight excluding hydrogens is 263 g/mol. The molecule has 19 heavy (non-hydrogen) atoms. The van der Waals surface area contributed by atoms with Crippen molar-refractivity contribution in [3.8, 4) is 10.6 Å². The lowest BCUT2D eigenvalue weighted by Crippen LogP contribution is -2.12. The van der Waals surface area contributed by atoms with Crippen molar-refractivity contribution < 1.29 is 8.81 Å². The van der Waals surface area contributed by atoms with E-state index < -0.39 is 0 Å². The van der Waals surface area contributed by atoms with Gasteiger partial charge in [-0.05, 0) is 30.1 Å². The maximum absolute atomic E-state index is 13.2. The summed E-state index contributed by atoms with van der Waals surface area (Å²) in [6.07, 6.45) is 1.45. The Kier molecular flexibility index (Phi) is 3.31. The van der Waals surface area contributed by atoms with Crippen molar-refractivity contribution >= 4 is 21.4 Å². The second-order valence-electron chi connectivity index (χ2n) is 4.20. The van der Waals surface area contributed by atoms with Crippen molar-refractivity contribution in [1.29, 1.82) is 0 Å². The summed E-state index contributed by atoms with van der Waals surface area (Å²) < 4.78 is 19.6. The SMILES string of the molecule is CCNCc1ncoc1-c1cc2ccc(F)cc2s1. The van der Waals surface area contributed by atoms with Crippen LogP contribution in [0.25, 0.3) is 20.7 Å². The van der Waals surface area contributed by atoms with Gasteiger partial charge in [0.2, 0.25) is 0 Å². The van der Waals surface area contributed by atoms with Crippen LogP contribution in [0, 0.1) is 5.82 Å². The van der Waals surface area contributed by atoms with Crippen LogP contribution in [-0.2, 0) is 6.54 Å². The van der Waals surface area contributed by atoms with Crippen molar-refractivity contribution in [2.75, 3.05) is 6.54 Å². The summed E-state index contributed by atoms with van der Waals surface area (Å²) in [5.41, 5.74) is 0.883. The van der Waals surface area contributed by atoms with Crippen molar-refractivity contribution in [2.45, 2.75) is 13.5 Å². The van der Waals surface area contributed by atoms with Crippen molar-refractivity contribution in [3.63, 3.8) is 0 Å². The number of oxazole rings is 1. The molecule has 0 spiro atoms. The van der Waals surface area contributed by atoms with E-state index in [-0.39, 0.29) is 5.82 Å². The summed E-state index contributed by atoms with van der Waals surface area (Å²) in [6, 6.07) is 6.81. The van der Waals surface area contributed by atoms with Gasteiger partial charge in [-0.3, -0.25) is 0 Å². The van der Waals surface area contributed by atoms with E-state index >= 15 is 0 Å². The Labute approximate surface area is 114 Å². The van der Waals surface area contributed by atoms with Crippen molar-refractivity contribution in [2.24, 2.45) is 0 Å². The summed E-state index contributed by atoms with van der Waals surface area (Å²) in [5, 5.41) is 4.25. The predicted octanol–water partition coefficient (Wildman–Crippen LogP) is 3.80. The van der Waals surface area contributed by atoms with E-state index in [2.05, 4.69) is 10.3 Å². The zero-order valence-corrected chi connectivity index (χ0v) is 11.3. The molecule has 0 bridgehead atoms. The van der Waals surface area contributed by atoms with Crippen LogP contribution >= 0.6 is 11.3 Å². The fraction of sp³-hybridized carbons (Fsp3) is 0.214. The third-order valence-corrected chi connectivity index (χ3v) is 3.99. The van der Waals surface area contributed by atoms with Crippen molar-refractivity contribution in [1.82, 2.24) is 10.3 Å². The minimum absolute atomic E-state index is 0.216. The number of nitrogens with one attached hydrogen (secondary N) is 1. The summed E-state index contributed by atoms with van der Waals surface area (Å²) >= 11 is 1.52. The fourth-order valence-corrected chi connectivity index (χ4v) is 3.05. The Balaban J connectivity index is 2.01. The molecule has 0 unspecified atom stereocenters. The second-order valence-corrected chi connectivity index (χ2v) is 5.29. The van der Waals surface area contributed by atoms with Gasteiger partial charge in [-0.25, -0.2) is 9.37 Å². The number of aromatic nitrogens is 1. The Bertz CT molecular complexity index is 704. The van der Waals surface area contributed by atoms with Crippen LogP contribution in [0.3, 0.4) is 0 Å². The first-order valence-corrected chi connectivity index (χ1v) is 6.92. The summed E-state index contributed by atoms with van der Waals surface area (Å²) in [5.74, 6) is 0.550. The molecule has 0 saturated heterocycles. The molecule has 0 aliphatic heterocycles. The first-order chi connectivity index (χ1) is 9.28. The van der Waals surface area contributed by atoms with Gasteiger partial charge >= 0.3 is 0 Å². The van der Waals surface area contributed by atoms with Gasteiger partial charge in [0.25, 0.3) is 0 Å². The van der Waals surface area contributed by atoms with Gasteiger partial charge in [-0.1, -0.05) is 13.0 Å². The van der Waals surface area contributed by atoms with Gasteiger partial charge in [0.15, 0.2) is 12.2 Å². The molecule has 1 aromatic carbocycles. The molecule has 2 aromatic heterocycles. The van der Waals surface area contributed by atoms with Gasteiger partial charge < -0.3 is 9.73 Å². The van der Waals surface area contributed by atoms with Gasteiger partial charge in [0.05, 0.1) is 4.88 Å². The highest BCUT2D eigenvalue weighted by atomic mass is 32.1. The number of hydrogen-bond acceptors (Lipinski definition) is 4. The lowest BCUT2D eigenvalue weighted by Gasteiger charge is -1.98. The maximum atomic E-state index is 13.2. The molecule has 0 aliphatic rings. The van der Waals surface area contributed by atoms with Gasteiger partial charge in [-0.2, -0.15) is 0 Å². The highest BCUT2D eigenvalue weighted by Gasteiger charge is 2.13. The molecule has 0 saturated carbocycles. The molecule has 3 aromatic rings. The summed E-state index contributed by atoms with van der Waals surface area (Å²) in [7, 11) is 0. The van der Waals surface area contributed by atoms with Crippen LogP contribution < -0.4 is 5.32 Å². The summed E-state index contributed by atoms with van der Waals surface area (Å²) in [4.78, 5) is 5.20. The minimum atomic E-state index is -0.216. The Morgan fingerprint density at radius 3 is 3.11 bits per heavy atom. The normalized spacial score (nSPS) is 11.3. The Hall–Kier alpha value is -1.72. The molecule has 2 heterocycles. The largest absolute Gasteiger partial charge is 0.442 e. The smallest absolute Gasteiger partial charge is 0.181 e. The Morgan fingerprint density at radius 1 is 1.37 bits per heavy atom. The highest BCUT2D eigenvalue weighted by molar-refractivity contribution is 7.22. The zero-order chi connectivity index (χ0) is 13.2. The number of halogens is 1. The van der Waals surface area contributed by atoms with E-state index in [9.17, 15) is 4.39 Å². The molecule has 0 aliphatic carbocycles. The van der Waals surface area contributed by atoms with Crippen LogP contribution in [0.5, 0.6) is 0 Å². The molecule has 0 fully saturated rings. The molecule has 0 radical (unpaired) electrons. The van der Waals surface area contributed by atoms with Crippen LogP contribution in [0.2, 0.25) is 0 Å². The molecular formula is C14H13FN2OS. The first kappa shape index (κ1) is 12.3. The second kappa shape index (κ2) is 5.11. The topological polar surface area (TPSA) is 38.1 Å². The van der Waals surface area contributed by atoms with Crippen molar-refractivity contribution in [3.05, 3.63) is 42.2 Å². The molecule has 3 rings (SSSR count). The standard InChI is InChI=1S/C14H13FN2OS/c1-2-16-7-11-14(18-8-17-11)13-5-9-3-4-10(15)6-12(9)19-13/h3-6,8,16H,2,7H2,1H3. The lowest BCUT2D eigenvalue weighted by molar-refractivity contribution is 0.571. The lowest BCUT2D eigenvalue weighted by atomic mass is 10.2. The van der Waals surface area contributed by atoms with Crippen LogP contribution in [0.4, 0.5) is 4.39 Å². The molecule has 0 atom stereocenters. The van der Waals surface area contributed by atoms with E-state index in [1.807, 2.05) is 13.0 Å². The molecule has 3 nitrogen and oxygen atoms in total. The van der Waals surface area contributed by atoms with Gasteiger partial charge in [-0.15, -0.1) is 11.3 Å². The average molecular weight is 276 g/mol. The number of nitrogens with zero attached hydrogens (tertiary/aromatic N) is 1. The number of thiophene rings is 1. The number of hydrogen-bond donors (Lipinski definition) is 1. The summed E-state index contributed by atoms with van der Waals surface area (Å²) in [6.45, 7) is 3.59. The third kappa shape index (κ3) is 2.39. The number of rotatable bonds is 4. The number of benzene rings is 1. The minimum Gasteiger partial charge on any atom is -0.442 e. The zero-order valence-electron chi connectivity index (χ0n) is 10.4. The van der Waals surface area contributed by atoms with E-state index in [0.29, 0.717) is 6.54 Å². The maximum Gasteiger partial charge on any atom is 0.181 e. The van der Waals surface area contributed by atoms with Crippen LogP contribution in [0.15, 0.2) is 35.1 Å². The number of fused-ring (bicyclic) bond motifs is 1. The third-order valence-electron chi connectivity index (χ3n) is 2.89. The van der Waals surface area contributed by atoms with Crippen LogP contribution in [0.1, 0.15) is 12.6 Å². The van der Waals surface area contributed by atoms with E-state index in [1.165, 1.54) is 23.8 Å². The highest BCUT2D eigenvalue weighted by Crippen LogP contribution is 2.35. The average Bonchev–Trinajstić information content (AvgIpc) is 3.01. The Morgan fingerprint density at radius 2 is 2.26 bits per heavy atom. The predicted molar refractivity (Wildman–Crippen MR) is 74.7 cm³/mol. The van der Waals surface area contributed by atoms with E-state index in [4.69, 9.17) is 4.42 Å². The van der Waals surface area contributed by atoms with E-state index in [1.54, 1.807) is 12.1 Å².